The highest BCUT2D eigenvalue weighted by Crippen LogP contribution is 2.26. The number of hydrogen-bond donors (Lipinski definition) is 0. The third kappa shape index (κ3) is 2.29. The van der Waals surface area contributed by atoms with Crippen LogP contribution in [0.4, 0.5) is 0 Å². The zero-order valence-electron chi connectivity index (χ0n) is 9.89. The minimum Gasteiger partial charge on any atom is -0.493 e. The Morgan fingerprint density at radius 1 is 1.44 bits per heavy atom. The molecule has 1 aromatic carbocycles. The lowest BCUT2D eigenvalue weighted by Crippen LogP contribution is -1.99. The fraction of sp³-hybridized carbons (Fsp3) is 0.286. The summed E-state index contributed by atoms with van der Waals surface area (Å²) in [4.78, 5) is 16.5. The maximum Gasteiger partial charge on any atom is 0.174 e. The van der Waals surface area contributed by atoms with Crippen molar-refractivity contribution in [3.05, 3.63) is 45.9 Å². The number of aromatic nitrogens is 1. The summed E-state index contributed by atoms with van der Waals surface area (Å²) in [5.74, 6) is 1.17. The van der Waals surface area contributed by atoms with Crippen LogP contribution in [-0.2, 0) is 12.8 Å². The smallest absolute Gasteiger partial charge is 0.174 e. The highest BCUT2D eigenvalue weighted by molar-refractivity contribution is 7.11. The van der Waals surface area contributed by atoms with Gasteiger partial charge in [0.05, 0.1) is 17.0 Å². The first kappa shape index (κ1) is 11.4. The van der Waals surface area contributed by atoms with Gasteiger partial charge in [-0.3, -0.25) is 9.78 Å². The molecule has 0 fully saturated rings. The van der Waals surface area contributed by atoms with Gasteiger partial charge in [0, 0.05) is 19.0 Å². The number of aryl methyl sites for hydroxylation is 1. The van der Waals surface area contributed by atoms with Crippen LogP contribution in [0.2, 0.25) is 0 Å². The summed E-state index contributed by atoms with van der Waals surface area (Å²) in [6.07, 6.45) is 3.95. The third-order valence-electron chi connectivity index (χ3n) is 3.10. The summed E-state index contributed by atoms with van der Waals surface area (Å²) in [7, 11) is 0. The van der Waals surface area contributed by atoms with E-state index in [9.17, 15) is 4.79 Å². The van der Waals surface area contributed by atoms with Crippen molar-refractivity contribution in [3.8, 4) is 5.75 Å². The van der Waals surface area contributed by atoms with Gasteiger partial charge in [-0.15, -0.1) is 11.3 Å². The zero-order valence-corrected chi connectivity index (χ0v) is 10.7. The molecule has 0 saturated carbocycles. The Morgan fingerprint density at radius 3 is 3.22 bits per heavy atom. The van der Waals surface area contributed by atoms with Gasteiger partial charge < -0.3 is 4.74 Å². The van der Waals surface area contributed by atoms with Crippen molar-refractivity contribution in [2.45, 2.75) is 19.3 Å². The van der Waals surface area contributed by atoms with Crippen LogP contribution in [0.1, 0.15) is 27.2 Å². The second kappa shape index (κ2) is 4.90. The highest BCUT2D eigenvalue weighted by Gasteiger charge is 2.13. The Morgan fingerprint density at radius 2 is 2.39 bits per heavy atom. The van der Waals surface area contributed by atoms with E-state index >= 15 is 0 Å². The van der Waals surface area contributed by atoms with Crippen molar-refractivity contribution in [2.75, 3.05) is 6.61 Å². The van der Waals surface area contributed by atoms with E-state index in [0.717, 1.165) is 30.1 Å². The number of fused-ring (bicyclic) bond motifs is 1. The quantitative estimate of drug-likeness (QED) is 0.792. The van der Waals surface area contributed by atoms with Gasteiger partial charge in [-0.25, -0.2) is 0 Å². The third-order valence-corrected chi connectivity index (χ3v) is 3.92. The summed E-state index contributed by atoms with van der Waals surface area (Å²) in [5, 5.41) is 0. The Hall–Kier alpha value is -1.68. The van der Waals surface area contributed by atoms with E-state index < -0.39 is 0 Å². The van der Waals surface area contributed by atoms with Gasteiger partial charge in [0.25, 0.3) is 0 Å². The molecule has 0 aliphatic carbocycles. The number of nitrogens with zero attached hydrogens (tertiary/aromatic N) is 1. The average Bonchev–Trinajstić information content (AvgIpc) is 3.05. The molecule has 0 unspecified atom stereocenters. The summed E-state index contributed by atoms with van der Waals surface area (Å²) >= 11 is 1.41. The van der Waals surface area contributed by atoms with E-state index in [4.69, 9.17) is 4.74 Å². The SMILES string of the molecule is O=C(CCc1ccc2c(c1)CCO2)c1cncs1. The monoisotopic (exact) mass is 259 g/mol. The predicted octanol–water partition coefficient (Wildman–Crippen LogP) is 2.89. The predicted molar refractivity (Wildman–Crippen MR) is 70.4 cm³/mol. The number of thiazole rings is 1. The van der Waals surface area contributed by atoms with Crippen molar-refractivity contribution in [3.63, 3.8) is 0 Å². The highest BCUT2D eigenvalue weighted by atomic mass is 32.1. The maximum atomic E-state index is 11.9. The molecule has 0 radical (unpaired) electrons. The van der Waals surface area contributed by atoms with Gasteiger partial charge in [-0.2, -0.15) is 0 Å². The molecule has 0 spiro atoms. The molecule has 0 amide bonds. The minimum absolute atomic E-state index is 0.175. The van der Waals surface area contributed by atoms with E-state index in [1.165, 1.54) is 22.5 Å². The molecule has 92 valence electrons. The van der Waals surface area contributed by atoms with Gasteiger partial charge in [0.2, 0.25) is 0 Å². The number of carbonyl (C=O) groups excluding carboxylic acids is 1. The number of ketones is 1. The Labute approximate surface area is 109 Å². The molecular formula is C14H13NO2S. The van der Waals surface area contributed by atoms with Crippen molar-refractivity contribution in [1.29, 1.82) is 0 Å². The molecule has 3 rings (SSSR count). The topological polar surface area (TPSA) is 39.2 Å². The van der Waals surface area contributed by atoms with Crippen LogP contribution in [0.3, 0.4) is 0 Å². The molecule has 0 saturated heterocycles. The number of rotatable bonds is 4. The summed E-state index contributed by atoms with van der Waals surface area (Å²) in [6, 6.07) is 6.21. The number of benzene rings is 1. The van der Waals surface area contributed by atoms with Gasteiger partial charge in [0.1, 0.15) is 5.75 Å². The number of carbonyl (C=O) groups is 1. The molecule has 0 bridgehead atoms. The van der Waals surface area contributed by atoms with Crippen LogP contribution in [0.25, 0.3) is 0 Å². The number of Topliss-reactive ketones (excluding diaryl/α,β-unsaturated/α-hetero) is 1. The first-order valence-corrected chi connectivity index (χ1v) is 6.87. The zero-order chi connectivity index (χ0) is 12.4. The number of hydrogen-bond acceptors (Lipinski definition) is 4. The summed E-state index contributed by atoms with van der Waals surface area (Å²) in [6.45, 7) is 0.776. The molecule has 18 heavy (non-hydrogen) atoms. The molecular weight excluding hydrogens is 246 g/mol. The fourth-order valence-corrected chi connectivity index (χ4v) is 2.72. The van der Waals surface area contributed by atoms with Crippen LogP contribution in [-0.4, -0.2) is 17.4 Å². The van der Waals surface area contributed by atoms with E-state index in [0.29, 0.717) is 6.42 Å². The standard InChI is InChI=1S/C14H13NO2S/c16-12(14-8-15-9-18-14)3-1-10-2-4-13-11(7-10)5-6-17-13/h2,4,7-9H,1,3,5-6H2. The first-order valence-electron chi connectivity index (χ1n) is 5.99. The van der Waals surface area contributed by atoms with Crippen LogP contribution in [0, 0.1) is 0 Å². The molecule has 2 heterocycles. The summed E-state index contributed by atoms with van der Waals surface area (Å²) < 4.78 is 5.46. The van der Waals surface area contributed by atoms with Crippen LogP contribution < -0.4 is 4.74 Å². The van der Waals surface area contributed by atoms with Crippen LogP contribution in [0.5, 0.6) is 5.75 Å². The lowest BCUT2D eigenvalue weighted by Gasteiger charge is -2.03. The van der Waals surface area contributed by atoms with Crippen LogP contribution >= 0.6 is 11.3 Å². The van der Waals surface area contributed by atoms with Crippen molar-refractivity contribution in [1.82, 2.24) is 4.98 Å². The molecule has 1 aliphatic rings. The molecule has 1 aromatic heterocycles. The molecule has 1 aliphatic heterocycles. The molecule has 2 aromatic rings. The van der Waals surface area contributed by atoms with Crippen molar-refractivity contribution >= 4 is 17.1 Å². The normalized spacial score (nSPS) is 13.1. The van der Waals surface area contributed by atoms with Gasteiger partial charge >= 0.3 is 0 Å². The molecule has 3 nitrogen and oxygen atoms in total. The fourth-order valence-electron chi connectivity index (χ4n) is 2.13. The van der Waals surface area contributed by atoms with Gasteiger partial charge in [-0.1, -0.05) is 12.1 Å². The van der Waals surface area contributed by atoms with E-state index in [2.05, 4.69) is 11.1 Å². The maximum absolute atomic E-state index is 11.9. The van der Waals surface area contributed by atoms with Gasteiger partial charge in [0.15, 0.2) is 5.78 Å². The van der Waals surface area contributed by atoms with E-state index in [1.807, 2.05) is 12.1 Å². The van der Waals surface area contributed by atoms with Crippen molar-refractivity contribution in [2.24, 2.45) is 0 Å². The van der Waals surface area contributed by atoms with Gasteiger partial charge in [-0.05, 0) is 23.6 Å². The Kier molecular flexibility index (Phi) is 3.11. The Balaban J connectivity index is 1.65. The van der Waals surface area contributed by atoms with Crippen molar-refractivity contribution < 1.29 is 9.53 Å². The largest absolute Gasteiger partial charge is 0.493 e. The molecule has 0 N–H and O–H groups in total. The van der Waals surface area contributed by atoms with E-state index in [-0.39, 0.29) is 5.78 Å². The lowest BCUT2D eigenvalue weighted by atomic mass is 10.0. The minimum atomic E-state index is 0.175. The first-order chi connectivity index (χ1) is 8.83. The Bertz CT molecular complexity index is 563. The molecule has 0 atom stereocenters. The second-order valence-corrected chi connectivity index (χ2v) is 5.22. The van der Waals surface area contributed by atoms with Crippen LogP contribution in [0.15, 0.2) is 29.9 Å². The second-order valence-electron chi connectivity index (χ2n) is 4.33. The summed E-state index contributed by atoms with van der Waals surface area (Å²) in [5.41, 5.74) is 4.16. The van der Waals surface area contributed by atoms with E-state index in [1.54, 1.807) is 11.7 Å². The molecule has 4 heteroatoms. The number of ether oxygens (including phenoxy) is 1. The lowest BCUT2D eigenvalue weighted by molar-refractivity contribution is 0.0986. The average molecular weight is 259 g/mol.